The second-order valence-corrected chi connectivity index (χ2v) is 7.49. The Morgan fingerprint density at radius 3 is 2.52 bits per heavy atom. The quantitative estimate of drug-likeness (QED) is 0.731. The summed E-state index contributed by atoms with van der Waals surface area (Å²) in [5.74, 6) is -1.97. The minimum atomic E-state index is -3.63. The normalized spacial score (nSPS) is 11.2. The molecule has 134 valence electrons. The Kier molecular flexibility index (Phi) is 6.39. The first-order chi connectivity index (χ1) is 11.8. The molecule has 0 aliphatic heterocycles. The maximum absolute atomic E-state index is 14.0. The van der Waals surface area contributed by atoms with E-state index in [1.165, 1.54) is 6.07 Å². The maximum Gasteiger partial charge on any atom is 0.343 e. The zero-order valence-electron chi connectivity index (χ0n) is 13.5. The summed E-state index contributed by atoms with van der Waals surface area (Å²) in [6.07, 6.45) is 0.403. The molecule has 1 N–H and O–H groups in total. The molecule has 2 aromatic carbocycles. The van der Waals surface area contributed by atoms with Gasteiger partial charge in [0.25, 0.3) is 0 Å². The van der Waals surface area contributed by atoms with E-state index in [9.17, 15) is 17.6 Å². The number of carbonyl (C=O) groups is 1. The van der Waals surface area contributed by atoms with Crippen molar-refractivity contribution in [3.8, 4) is 0 Å². The van der Waals surface area contributed by atoms with Crippen molar-refractivity contribution in [2.75, 3.05) is 10.5 Å². The Hall–Kier alpha value is -2.12. The number of ether oxygens (including phenoxy) is 1. The molecular weight excluding hydrogens is 369 g/mol. The van der Waals surface area contributed by atoms with Crippen LogP contribution < -0.4 is 4.72 Å². The highest BCUT2D eigenvalue weighted by atomic mass is 35.5. The summed E-state index contributed by atoms with van der Waals surface area (Å²) in [6.45, 7) is 1.65. The minimum Gasteiger partial charge on any atom is -0.457 e. The lowest BCUT2D eigenvalue weighted by atomic mass is 10.2. The van der Waals surface area contributed by atoms with E-state index < -0.39 is 27.4 Å². The number of anilines is 1. The van der Waals surface area contributed by atoms with Gasteiger partial charge in [-0.3, -0.25) is 4.72 Å². The molecule has 0 atom stereocenters. The van der Waals surface area contributed by atoms with E-state index in [-0.39, 0.29) is 23.1 Å². The number of carbonyl (C=O) groups excluding carboxylic acids is 1. The molecule has 0 fully saturated rings. The van der Waals surface area contributed by atoms with E-state index in [0.29, 0.717) is 6.42 Å². The van der Waals surface area contributed by atoms with Gasteiger partial charge >= 0.3 is 5.97 Å². The van der Waals surface area contributed by atoms with Gasteiger partial charge in [0.15, 0.2) is 0 Å². The zero-order valence-corrected chi connectivity index (χ0v) is 15.0. The fraction of sp³-hybridized carbons (Fsp3) is 0.235. The highest BCUT2D eigenvalue weighted by Crippen LogP contribution is 2.30. The largest absolute Gasteiger partial charge is 0.457 e. The van der Waals surface area contributed by atoms with E-state index >= 15 is 0 Å². The Balaban J connectivity index is 2.22. The molecule has 0 saturated heterocycles. The van der Waals surface area contributed by atoms with Crippen LogP contribution >= 0.6 is 11.6 Å². The van der Waals surface area contributed by atoms with E-state index in [1.54, 1.807) is 31.2 Å². The van der Waals surface area contributed by atoms with E-state index in [1.807, 2.05) is 6.07 Å². The van der Waals surface area contributed by atoms with Crippen LogP contribution in [0.3, 0.4) is 0 Å². The van der Waals surface area contributed by atoms with Crippen molar-refractivity contribution in [1.29, 1.82) is 0 Å². The molecular formula is C17H17ClFNO4S. The lowest BCUT2D eigenvalue weighted by molar-refractivity contribution is 0.0467. The third-order valence-corrected chi connectivity index (χ3v) is 5.12. The van der Waals surface area contributed by atoms with Crippen LogP contribution in [0.2, 0.25) is 5.02 Å². The van der Waals surface area contributed by atoms with Crippen LogP contribution in [-0.2, 0) is 21.4 Å². The SMILES string of the molecule is CCCS(=O)(=O)Nc1ccc(F)c(C(=O)OCc2ccccc2)c1Cl. The average molecular weight is 386 g/mol. The molecule has 2 aromatic rings. The Labute approximate surface area is 150 Å². The van der Waals surface area contributed by atoms with Crippen LogP contribution in [0.15, 0.2) is 42.5 Å². The fourth-order valence-corrected chi connectivity index (χ4v) is 3.58. The second-order valence-electron chi connectivity index (χ2n) is 5.27. The lowest BCUT2D eigenvalue weighted by Crippen LogP contribution is -2.17. The molecule has 0 amide bonds. The summed E-state index contributed by atoms with van der Waals surface area (Å²) in [7, 11) is -3.63. The van der Waals surface area contributed by atoms with Gasteiger partial charge in [-0.05, 0) is 24.1 Å². The van der Waals surface area contributed by atoms with Crippen molar-refractivity contribution in [2.24, 2.45) is 0 Å². The molecule has 0 unspecified atom stereocenters. The minimum absolute atomic E-state index is 0.0543. The van der Waals surface area contributed by atoms with Gasteiger partial charge in [-0.25, -0.2) is 17.6 Å². The van der Waals surface area contributed by atoms with Crippen molar-refractivity contribution < 1.29 is 22.3 Å². The van der Waals surface area contributed by atoms with Crippen molar-refractivity contribution >= 4 is 33.3 Å². The fourth-order valence-electron chi connectivity index (χ4n) is 2.10. The molecule has 0 spiro atoms. The van der Waals surface area contributed by atoms with Gasteiger partial charge in [-0.1, -0.05) is 48.9 Å². The lowest BCUT2D eigenvalue weighted by Gasteiger charge is -2.12. The molecule has 0 bridgehead atoms. The summed E-state index contributed by atoms with van der Waals surface area (Å²) >= 11 is 6.03. The Bertz CT molecular complexity index is 856. The summed E-state index contributed by atoms with van der Waals surface area (Å²) in [5.41, 5.74) is 0.157. The molecule has 0 aromatic heterocycles. The van der Waals surface area contributed by atoms with Gasteiger partial charge in [0.05, 0.1) is 16.5 Å². The third-order valence-electron chi connectivity index (χ3n) is 3.25. The molecule has 0 heterocycles. The monoisotopic (exact) mass is 385 g/mol. The van der Waals surface area contributed by atoms with Crippen molar-refractivity contribution in [3.05, 3.63) is 64.4 Å². The predicted molar refractivity (Wildman–Crippen MR) is 94.7 cm³/mol. The van der Waals surface area contributed by atoms with Gasteiger partial charge in [-0.15, -0.1) is 0 Å². The Morgan fingerprint density at radius 2 is 1.88 bits per heavy atom. The number of sulfonamides is 1. The second kappa shape index (κ2) is 8.31. The summed E-state index contributed by atoms with van der Waals surface area (Å²) in [5, 5.41) is -0.335. The number of halogens is 2. The molecule has 2 rings (SSSR count). The molecule has 8 heteroatoms. The number of hydrogen-bond acceptors (Lipinski definition) is 4. The number of hydrogen-bond donors (Lipinski definition) is 1. The van der Waals surface area contributed by atoms with Crippen molar-refractivity contribution in [1.82, 2.24) is 0 Å². The Morgan fingerprint density at radius 1 is 1.20 bits per heavy atom. The third kappa shape index (κ3) is 5.17. The summed E-state index contributed by atoms with van der Waals surface area (Å²) in [6, 6.07) is 11.0. The van der Waals surface area contributed by atoms with Gasteiger partial charge < -0.3 is 4.74 Å². The van der Waals surface area contributed by atoms with Gasteiger partial charge in [-0.2, -0.15) is 0 Å². The molecule has 0 aliphatic carbocycles. The smallest absolute Gasteiger partial charge is 0.343 e. The predicted octanol–water partition coefficient (Wildman–Crippen LogP) is 3.99. The van der Waals surface area contributed by atoms with Gasteiger partial charge in [0.1, 0.15) is 18.0 Å². The van der Waals surface area contributed by atoms with Crippen molar-refractivity contribution in [3.63, 3.8) is 0 Å². The molecule has 5 nitrogen and oxygen atoms in total. The van der Waals surface area contributed by atoms with Gasteiger partial charge in [0.2, 0.25) is 10.0 Å². The highest BCUT2D eigenvalue weighted by molar-refractivity contribution is 7.92. The first-order valence-corrected chi connectivity index (χ1v) is 9.56. The van der Waals surface area contributed by atoms with Gasteiger partial charge in [0, 0.05) is 0 Å². The zero-order chi connectivity index (χ0) is 18.4. The molecule has 25 heavy (non-hydrogen) atoms. The topological polar surface area (TPSA) is 72.5 Å². The van der Waals surface area contributed by atoms with Crippen LogP contribution in [0.4, 0.5) is 10.1 Å². The summed E-state index contributed by atoms with van der Waals surface area (Å²) in [4.78, 5) is 12.2. The van der Waals surface area contributed by atoms with E-state index in [4.69, 9.17) is 16.3 Å². The summed E-state index contributed by atoms with van der Waals surface area (Å²) < 4.78 is 45.0. The van der Waals surface area contributed by atoms with E-state index in [0.717, 1.165) is 11.6 Å². The number of nitrogens with one attached hydrogen (secondary N) is 1. The molecule has 0 saturated carbocycles. The van der Waals surface area contributed by atoms with Crippen LogP contribution in [0.25, 0.3) is 0 Å². The molecule has 0 radical (unpaired) electrons. The standard InChI is InChI=1S/C17H17ClFNO4S/c1-2-10-25(22,23)20-14-9-8-13(19)15(16(14)18)17(21)24-11-12-6-4-3-5-7-12/h3-9,20H,2,10-11H2,1H3. The average Bonchev–Trinajstić information content (AvgIpc) is 2.56. The van der Waals surface area contributed by atoms with Crippen LogP contribution in [-0.4, -0.2) is 20.1 Å². The van der Waals surface area contributed by atoms with Crippen LogP contribution in [0, 0.1) is 5.82 Å². The van der Waals surface area contributed by atoms with Crippen LogP contribution in [0.5, 0.6) is 0 Å². The van der Waals surface area contributed by atoms with Crippen LogP contribution in [0.1, 0.15) is 29.3 Å². The maximum atomic E-state index is 14.0. The van der Waals surface area contributed by atoms with E-state index in [2.05, 4.69) is 4.72 Å². The number of rotatable bonds is 7. The first-order valence-electron chi connectivity index (χ1n) is 7.53. The number of benzene rings is 2. The molecule has 0 aliphatic rings. The van der Waals surface area contributed by atoms with Crippen molar-refractivity contribution in [2.45, 2.75) is 20.0 Å². The first kappa shape index (κ1) is 19.2. The number of esters is 1. The highest BCUT2D eigenvalue weighted by Gasteiger charge is 2.22.